The number of carbonyl (C=O) groups is 2. The predicted octanol–water partition coefficient (Wildman–Crippen LogP) is 3.59. The van der Waals surface area contributed by atoms with Crippen LogP contribution in [-0.2, 0) is 9.53 Å². The lowest BCUT2D eigenvalue weighted by molar-refractivity contribution is -0.385. The highest BCUT2D eigenvalue weighted by Crippen LogP contribution is 2.20. The van der Waals surface area contributed by atoms with E-state index in [0.29, 0.717) is 10.6 Å². The molecular weight excluding hydrogens is 360 g/mol. The summed E-state index contributed by atoms with van der Waals surface area (Å²) in [4.78, 5) is 34.3. The summed E-state index contributed by atoms with van der Waals surface area (Å²) in [7, 11) is 0. The van der Waals surface area contributed by atoms with Gasteiger partial charge in [0.25, 0.3) is 11.6 Å². The Labute approximate surface area is 155 Å². The molecule has 26 heavy (non-hydrogen) atoms. The van der Waals surface area contributed by atoms with Gasteiger partial charge < -0.3 is 10.1 Å². The van der Waals surface area contributed by atoms with Gasteiger partial charge in [-0.2, -0.15) is 0 Å². The van der Waals surface area contributed by atoms with Crippen LogP contribution in [0.5, 0.6) is 0 Å². The summed E-state index contributed by atoms with van der Waals surface area (Å²) < 4.78 is 4.93. The van der Waals surface area contributed by atoms with Gasteiger partial charge in [-0.3, -0.25) is 14.9 Å². The van der Waals surface area contributed by atoms with Crippen LogP contribution < -0.4 is 5.32 Å². The van der Waals surface area contributed by atoms with Crippen LogP contribution in [0.4, 0.5) is 5.69 Å². The Morgan fingerprint density at radius 2 is 2.00 bits per heavy atom. The number of ether oxygens (including phenoxy) is 1. The minimum atomic E-state index is -0.807. The first-order valence-electron chi connectivity index (χ1n) is 7.75. The summed E-state index contributed by atoms with van der Waals surface area (Å²) in [6.45, 7) is 2.85. The Balaban J connectivity index is 1.93. The predicted molar refractivity (Wildman–Crippen MR) is 96.1 cm³/mol. The monoisotopic (exact) mass is 376 g/mol. The second kappa shape index (κ2) is 8.44. The van der Waals surface area contributed by atoms with Crippen molar-refractivity contribution in [3.05, 3.63) is 74.3 Å². The number of rotatable bonds is 6. The van der Waals surface area contributed by atoms with Crippen molar-refractivity contribution in [2.45, 2.75) is 19.9 Å². The third kappa shape index (κ3) is 5.03. The first kappa shape index (κ1) is 19.4. The smallest absolute Gasteiger partial charge is 0.338 e. The topological polar surface area (TPSA) is 98.5 Å². The second-order valence-corrected chi connectivity index (χ2v) is 6.12. The number of hydrogen-bond donors (Lipinski definition) is 1. The first-order valence-corrected chi connectivity index (χ1v) is 8.12. The number of hydrogen-bond acceptors (Lipinski definition) is 5. The normalized spacial score (nSPS) is 11.5. The molecule has 8 heteroatoms. The van der Waals surface area contributed by atoms with Crippen LogP contribution in [0.3, 0.4) is 0 Å². The molecular formula is C18H17ClN2O5. The van der Waals surface area contributed by atoms with Crippen molar-refractivity contribution >= 4 is 29.2 Å². The van der Waals surface area contributed by atoms with Crippen LogP contribution in [-0.4, -0.2) is 23.4 Å². The van der Waals surface area contributed by atoms with Crippen molar-refractivity contribution in [3.63, 3.8) is 0 Å². The SMILES string of the molecule is Cc1ccc(C(=O)OCC(=O)N[C@@H](C)c2cccc(Cl)c2)cc1[N+](=O)[O-]. The molecule has 0 aliphatic carbocycles. The number of nitro benzene ring substituents is 1. The number of nitrogens with zero attached hydrogens (tertiary/aromatic N) is 1. The Hall–Kier alpha value is -2.93. The maximum absolute atomic E-state index is 12.0. The number of esters is 1. The average molecular weight is 377 g/mol. The fraction of sp³-hybridized carbons (Fsp3) is 0.222. The van der Waals surface area contributed by atoms with Crippen molar-refractivity contribution in [3.8, 4) is 0 Å². The third-order valence-corrected chi connectivity index (χ3v) is 3.94. The number of amides is 1. The lowest BCUT2D eigenvalue weighted by atomic mass is 10.1. The number of halogens is 1. The summed E-state index contributed by atoms with van der Waals surface area (Å²) in [5.41, 5.74) is 1.07. The van der Waals surface area contributed by atoms with E-state index in [2.05, 4.69) is 5.32 Å². The molecule has 7 nitrogen and oxygen atoms in total. The number of nitrogens with one attached hydrogen (secondary N) is 1. The van der Waals surface area contributed by atoms with E-state index >= 15 is 0 Å². The molecule has 0 saturated heterocycles. The lowest BCUT2D eigenvalue weighted by Gasteiger charge is -2.14. The van der Waals surface area contributed by atoms with Crippen molar-refractivity contribution in [1.82, 2.24) is 5.32 Å². The van der Waals surface area contributed by atoms with E-state index in [4.69, 9.17) is 16.3 Å². The third-order valence-electron chi connectivity index (χ3n) is 3.70. The molecule has 1 atom stereocenters. The molecule has 2 aromatic carbocycles. The van der Waals surface area contributed by atoms with Crippen LogP contribution >= 0.6 is 11.6 Å². The van der Waals surface area contributed by atoms with Crippen molar-refractivity contribution < 1.29 is 19.2 Å². The largest absolute Gasteiger partial charge is 0.452 e. The van der Waals surface area contributed by atoms with Gasteiger partial charge in [0, 0.05) is 16.7 Å². The molecule has 0 aliphatic rings. The van der Waals surface area contributed by atoms with Gasteiger partial charge in [-0.15, -0.1) is 0 Å². The van der Waals surface area contributed by atoms with Crippen molar-refractivity contribution in [1.29, 1.82) is 0 Å². The van der Waals surface area contributed by atoms with E-state index in [0.717, 1.165) is 11.6 Å². The molecule has 2 aromatic rings. The molecule has 0 spiro atoms. The standard InChI is InChI=1S/C18H17ClN2O5/c1-11-6-7-14(9-16(11)21(24)25)18(23)26-10-17(22)20-12(2)13-4-3-5-15(19)8-13/h3-9,12H,10H2,1-2H3,(H,20,22)/t12-/m0/s1. The summed E-state index contributed by atoms with van der Waals surface area (Å²) in [6, 6.07) is 10.7. The highest BCUT2D eigenvalue weighted by atomic mass is 35.5. The summed E-state index contributed by atoms with van der Waals surface area (Å²) in [5.74, 6) is -1.30. The molecule has 0 saturated carbocycles. The molecule has 0 radical (unpaired) electrons. The zero-order chi connectivity index (χ0) is 19.3. The number of carbonyl (C=O) groups excluding carboxylic acids is 2. The molecule has 136 valence electrons. The molecule has 1 N–H and O–H groups in total. The second-order valence-electron chi connectivity index (χ2n) is 5.68. The maximum Gasteiger partial charge on any atom is 0.338 e. The van der Waals surface area contributed by atoms with Gasteiger partial charge in [0.05, 0.1) is 16.5 Å². The highest BCUT2D eigenvalue weighted by molar-refractivity contribution is 6.30. The van der Waals surface area contributed by atoms with Gasteiger partial charge in [-0.25, -0.2) is 4.79 Å². The van der Waals surface area contributed by atoms with Gasteiger partial charge in [-0.1, -0.05) is 29.8 Å². The molecule has 0 bridgehead atoms. The zero-order valence-electron chi connectivity index (χ0n) is 14.2. The first-order chi connectivity index (χ1) is 12.3. The van der Waals surface area contributed by atoms with E-state index in [1.54, 1.807) is 32.0 Å². The summed E-state index contributed by atoms with van der Waals surface area (Å²) in [6.07, 6.45) is 0. The maximum atomic E-state index is 12.0. The van der Waals surface area contributed by atoms with Crippen molar-refractivity contribution in [2.75, 3.05) is 6.61 Å². The minimum absolute atomic E-state index is 0.0120. The quantitative estimate of drug-likeness (QED) is 0.472. The van der Waals surface area contributed by atoms with Crippen LogP contribution in [0, 0.1) is 17.0 Å². The summed E-state index contributed by atoms with van der Waals surface area (Å²) in [5, 5.41) is 14.2. The van der Waals surface area contributed by atoms with Crippen molar-refractivity contribution in [2.24, 2.45) is 0 Å². The molecule has 0 aromatic heterocycles. The Morgan fingerprint density at radius 3 is 2.65 bits per heavy atom. The average Bonchev–Trinajstić information content (AvgIpc) is 2.59. The van der Waals surface area contributed by atoms with E-state index in [1.807, 2.05) is 6.07 Å². The minimum Gasteiger partial charge on any atom is -0.452 e. The van der Waals surface area contributed by atoms with Crippen LogP contribution in [0.25, 0.3) is 0 Å². The zero-order valence-corrected chi connectivity index (χ0v) is 14.9. The van der Waals surface area contributed by atoms with Gasteiger partial charge >= 0.3 is 5.97 Å². The summed E-state index contributed by atoms with van der Waals surface area (Å²) >= 11 is 5.91. The number of aryl methyl sites for hydroxylation is 1. The molecule has 2 rings (SSSR count). The molecule has 1 amide bonds. The fourth-order valence-electron chi connectivity index (χ4n) is 2.29. The van der Waals surface area contributed by atoms with Crippen LogP contribution in [0.1, 0.15) is 34.5 Å². The number of nitro groups is 1. The van der Waals surface area contributed by atoms with Gasteiger partial charge in [0.15, 0.2) is 6.61 Å². The lowest BCUT2D eigenvalue weighted by Crippen LogP contribution is -2.31. The van der Waals surface area contributed by atoms with Gasteiger partial charge in [-0.05, 0) is 37.6 Å². The highest BCUT2D eigenvalue weighted by Gasteiger charge is 2.17. The van der Waals surface area contributed by atoms with E-state index in [1.165, 1.54) is 12.1 Å². The fourth-order valence-corrected chi connectivity index (χ4v) is 2.49. The molecule has 0 heterocycles. The van der Waals surface area contributed by atoms with Crippen LogP contribution in [0.2, 0.25) is 5.02 Å². The van der Waals surface area contributed by atoms with E-state index in [9.17, 15) is 19.7 Å². The number of benzene rings is 2. The van der Waals surface area contributed by atoms with Gasteiger partial charge in [0.1, 0.15) is 0 Å². The van der Waals surface area contributed by atoms with Crippen LogP contribution in [0.15, 0.2) is 42.5 Å². The molecule has 0 unspecified atom stereocenters. The Bertz CT molecular complexity index is 853. The van der Waals surface area contributed by atoms with E-state index < -0.39 is 23.4 Å². The van der Waals surface area contributed by atoms with E-state index in [-0.39, 0.29) is 17.3 Å². The molecule has 0 fully saturated rings. The van der Waals surface area contributed by atoms with Gasteiger partial charge in [0.2, 0.25) is 0 Å². The molecule has 0 aliphatic heterocycles. The Morgan fingerprint density at radius 1 is 1.27 bits per heavy atom. The Kier molecular flexibility index (Phi) is 6.30.